The first kappa shape index (κ1) is 17.8. The van der Waals surface area contributed by atoms with Crippen LogP contribution in [0.3, 0.4) is 0 Å². The summed E-state index contributed by atoms with van der Waals surface area (Å²) in [5, 5.41) is 0.720. The highest BCUT2D eigenvalue weighted by Crippen LogP contribution is 2.32. The summed E-state index contributed by atoms with van der Waals surface area (Å²) in [7, 11) is 0. The maximum absolute atomic E-state index is 14.2. The molecule has 0 bridgehead atoms. The van der Waals surface area contributed by atoms with Crippen molar-refractivity contribution in [2.75, 3.05) is 0 Å². The summed E-state index contributed by atoms with van der Waals surface area (Å²) in [4.78, 5) is 20.7. The van der Waals surface area contributed by atoms with Crippen molar-refractivity contribution in [2.45, 2.75) is 27.3 Å². The maximum Gasteiger partial charge on any atom is 0.350 e. The van der Waals surface area contributed by atoms with Crippen molar-refractivity contribution >= 4 is 34.2 Å². The molecule has 7 heteroatoms. The first-order valence-electron chi connectivity index (χ1n) is 7.69. The van der Waals surface area contributed by atoms with Gasteiger partial charge in [0.05, 0.1) is 16.1 Å². The van der Waals surface area contributed by atoms with Gasteiger partial charge < -0.3 is 0 Å². The third-order valence-corrected chi connectivity index (χ3v) is 4.20. The van der Waals surface area contributed by atoms with Crippen LogP contribution in [0.25, 0.3) is 22.3 Å². The first-order valence-corrected chi connectivity index (χ1v) is 8.44. The van der Waals surface area contributed by atoms with E-state index in [1.807, 2.05) is 20.8 Å². The summed E-state index contributed by atoms with van der Waals surface area (Å²) >= 11 is 12.4. The van der Waals surface area contributed by atoms with Crippen molar-refractivity contribution in [1.82, 2.24) is 14.5 Å². The Bertz CT molecular complexity index is 1030. The zero-order valence-corrected chi connectivity index (χ0v) is 15.5. The quantitative estimate of drug-likeness (QED) is 0.591. The molecular weight excluding hydrogens is 364 g/mol. The molecular formula is C18H16Cl2FN3O. The van der Waals surface area contributed by atoms with Crippen LogP contribution in [0.15, 0.2) is 35.1 Å². The third-order valence-electron chi connectivity index (χ3n) is 3.62. The van der Waals surface area contributed by atoms with Crippen molar-refractivity contribution in [3.63, 3.8) is 0 Å². The predicted molar refractivity (Wildman–Crippen MR) is 98.7 cm³/mol. The van der Waals surface area contributed by atoms with Crippen molar-refractivity contribution in [2.24, 2.45) is 5.41 Å². The molecule has 0 atom stereocenters. The van der Waals surface area contributed by atoms with E-state index in [0.29, 0.717) is 17.6 Å². The van der Waals surface area contributed by atoms with E-state index >= 15 is 0 Å². The normalized spacial score (nSPS) is 11.9. The molecule has 0 fully saturated rings. The second-order valence-electron chi connectivity index (χ2n) is 7.00. The van der Waals surface area contributed by atoms with Crippen LogP contribution in [-0.2, 0) is 6.54 Å². The van der Waals surface area contributed by atoms with Gasteiger partial charge in [-0.15, -0.1) is 0 Å². The van der Waals surface area contributed by atoms with Gasteiger partial charge in [0.25, 0.3) is 0 Å². The smallest absolute Gasteiger partial charge is 0.275 e. The van der Waals surface area contributed by atoms with E-state index in [9.17, 15) is 9.18 Å². The van der Waals surface area contributed by atoms with Gasteiger partial charge in [0, 0.05) is 12.1 Å². The third kappa shape index (κ3) is 3.53. The lowest BCUT2D eigenvalue weighted by Gasteiger charge is -2.21. The topological polar surface area (TPSA) is 47.8 Å². The van der Waals surface area contributed by atoms with Crippen molar-refractivity contribution in [3.05, 3.63) is 56.8 Å². The molecule has 3 rings (SSSR count). The summed E-state index contributed by atoms with van der Waals surface area (Å²) < 4.78 is 15.6. The van der Waals surface area contributed by atoms with Crippen molar-refractivity contribution < 1.29 is 4.39 Å². The van der Waals surface area contributed by atoms with E-state index in [0.717, 1.165) is 0 Å². The number of halogens is 3. The zero-order valence-electron chi connectivity index (χ0n) is 14.0. The molecule has 0 aliphatic heterocycles. The number of rotatable bonds is 2. The van der Waals surface area contributed by atoms with Gasteiger partial charge in [-0.3, -0.25) is 4.57 Å². The van der Waals surface area contributed by atoms with Gasteiger partial charge in [0.1, 0.15) is 16.6 Å². The fourth-order valence-corrected chi connectivity index (χ4v) is 3.06. The van der Waals surface area contributed by atoms with Crippen LogP contribution in [0.1, 0.15) is 20.8 Å². The molecule has 0 aliphatic rings. The Kier molecular flexibility index (Phi) is 4.56. The zero-order chi connectivity index (χ0) is 18.4. The molecule has 0 spiro atoms. The van der Waals surface area contributed by atoms with Gasteiger partial charge in [-0.2, -0.15) is 4.98 Å². The highest BCUT2D eigenvalue weighted by Gasteiger charge is 2.20. The number of pyridine rings is 1. The van der Waals surface area contributed by atoms with Gasteiger partial charge in [-0.1, -0.05) is 56.1 Å². The summed E-state index contributed by atoms with van der Waals surface area (Å²) in [6.07, 6.45) is 0. The average Bonchev–Trinajstić information content (AvgIpc) is 2.51. The van der Waals surface area contributed by atoms with Gasteiger partial charge in [0.2, 0.25) is 0 Å². The molecule has 0 N–H and O–H groups in total. The van der Waals surface area contributed by atoms with E-state index in [2.05, 4.69) is 9.97 Å². The Balaban J connectivity index is 2.36. The summed E-state index contributed by atoms with van der Waals surface area (Å²) in [5.41, 5.74) is 0.171. The number of hydrogen-bond acceptors (Lipinski definition) is 3. The minimum absolute atomic E-state index is 0.0274. The largest absolute Gasteiger partial charge is 0.350 e. The van der Waals surface area contributed by atoms with Crippen LogP contribution in [0.4, 0.5) is 4.39 Å². The van der Waals surface area contributed by atoms with Crippen LogP contribution in [0, 0.1) is 11.2 Å². The SMILES string of the molecule is CC(C)(C)Cn1c(=O)nc(Cl)c2cc(Cl)c(-c3ccccc3F)nc21. The Morgan fingerprint density at radius 3 is 2.48 bits per heavy atom. The molecule has 0 unspecified atom stereocenters. The highest BCUT2D eigenvalue weighted by molar-refractivity contribution is 6.36. The lowest BCUT2D eigenvalue weighted by Crippen LogP contribution is -2.29. The molecule has 25 heavy (non-hydrogen) atoms. The number of benzene rings is 1. The molecule has 2 heterocycles. The van der Waals surface area contributed by atoms with Gasteiger partial charge in [-0.25, -0.2) is 14.2 Å². The van der Waals surface area contributed by atoms with Crippen LogP contribution >= 0.6 is 23.2 Å². The number of fused-ring (bicyclic) bond motifs is 1. The Hall–Kier alpha value is -1.98. The van der Waals surface area contributed by atoms with E-state index in [1.54, 1.807) is 24.3 Å². The van der Waals surface area contributed by atoms with Crippen LogP contribution in [-0.4, -0.2) is 14.5 Å². The van der Waals surface area contributed by atoms with Gasteiger partial charge in [-0.05, 0) is 23.6 Å². The minimum Gasteiger partial charge on any atom is -0.275 e. The van der Waals surface area contributed by atoms with Gasteiger partial charge >= 0.3 is 5.69 Å². The van der Waals surface area contributed by atoms with Crippen LogP contribution < -0.4 is 5.69 Å². The molecule has 130 valence electrons. The average molecular weight is 380 g/mol. The molecule has 4 nitrogen and oxygen atoms in total. The Morgan fingerprint density at radius 1 is 1.16 bits per heavy atom. The number of hydrogen-bond donors (Lipinski definition) is 0. The fourth-order valence-electron chi connectivity index (χ4n) is 2.59. The molecule has 1 aromatic carbocycles. The summed E-state index contributed by atoms with van der Waals surface area (Å²) in [5.74, 6) is -0.443. The van der Waals surface area contributed by atoms with E-state index < -0.39 is 11.5 Å². The Morgan fingerprint density at radius 2 is 1.84 bits per heavy atom. The number of aromatic nitrogens is 3. The first-order chi connectivity index (χ1) is 11.7. The molecule has 2 aromatic heterocycles. The molecule has 0 saturated heterocycles. The van der Waals surface area contributed by atoms with Crippen molar-refractivity contribution in [3.8, 4) is 11.3 Å². The van der Waals surface area contributed by atoms with Crippen LogP contribution in [0.2, 0.25) is 10.2 Å². The minimum atomic E-state index is -0.498. The molecule has 0 saturated carbocycles. The molecule has 0 amide bonds. The standard InChI is InChI=1S/C18H16Cl2FN3O/c1-18(2,3)9-24-16-11(15(20)23-17(24)25)8-12(19)14(22-16)10-6-4-5-7-13(10)21/h4-8H,9H2,1-3H3. The molecule has 0 radical (unpaired) electrons. The summed E-state index contributed by atoms with van der Waals surface area (Å²) in [6.45, 7) is 6.37. The monoisotopic (exact) mass is 379 g/mol. The highest BCUT2D eigenvalue weighted by atomic mass is 35.5. The maximum atomic E-state index is 14.2. The van der Waals surface area contributed by atoms with Crippen LogP contribution in [0.5, 0.6) is 0 Å². The molecule has 0 aliphatic carbocycles. The summed E-state index contributed by atoms with van der Waals surface area (Å²) in [6, 6.07) is 7.77. The molecule has 3 aromatic rings. The fraction of sp³-hybridized carbons (Fsp3) is 0.278. The van der Waals surface area contributed by atoms with Crippen molar-refractivity contribution in [1.29, 1.82) is 0 Å². The van der Waals surface area contributed by atoms with E-state index in [4.69, 9.17) is 23.2 Å². The van der Waals surface area contributed by atoms with E-state index in [-0.39, 0.29) is 26.8 Å². The lowest BCUT2D eigenvalue weighted by atomic mass is 9.97. The van der Waals surface area contributed by atoms with Gasteiger partial charge in [0.15, 0.2) is 0 Å². The predicted octanol–water partition coefficient (Wildman–Crippen LogP) is 4.95. The number of nitrogens with zero attached hydrogens (tertiary/aromatic N) is 3. The van der Waals surface area contributed by atoms with E-state index in [1.165, 1.54) is 10.6 Å². The second-order valence-corrected chi connectivity index (χ2v) is 7.77. The lowest BCUT2D eigenvalue weighted by molar-refractivity contribution is 0.341. The second kappa shape index (κ2) is 6.39. The Labute approximate surface area is 154 Å².